The van der Waals surface area contributed by atoms with Crippen LogP contribution in [0.25, 0.3) is 0 Å². The summed E-state index contributed by atoms with van der Waals surface area (Å²) in [5, 5.41) is 118. The maximum atomic E-state index is 10.7. The lowest BCUT2D eigenvalue weighted by Crippen LogP contribution is -2.63. The number of hydrogen-bond acceptors (Lipinski definition) is 17. The Hall–Kier alpha value is -1.75. The molecule has 1 rings (SSSR count). The monoisotopic (exact) mass is 565 g/mol. The lowest BCUT2D eigenvalue weighted by molar-refractivity contribution is -0.253. The first-order chi connectivity index (χ1) is 17.5. The molecular formula is C20H39NO17. The van der Waals surface area contributed by atoms with Gasteiger partial charge in [-0.2, -0.15) is 0 Å². The lowest BCUT2D eigenvalue weighted by atomic mass is 9.97. The van der Waals surface area contributed by atoms with Gasteiger partial charge in [-0.15, -0.1) is 0 Å². The highest BCUT2D eigenvalue weighted by Gasteiger charge is 2.43. The maximum Gasteiger partial charge on any atom is 0.217 e. The van der Waals surface area contributed by atoms with Crippen LogP contribution in [0.4, 0.5) is 0 Å². The number of amides is 1. The van der Waals surface area contributed by atoms with Gasteiger partial charge in [0.2, 0.25) is 5.91 Å². The molecule has 0 aliphatic carbocycles. The van der Waals surface area contributed by atoms with E-state index < -0.39 is 98.6 Å². The van der Waals surface area contributed by atoms with Gasteiger partial charge >= 0.3 is 0 Å². The van der Waals surface area contributed by atoms with Crippen molar-refractivity contribution in [3.63, 3.8) is 0 Å². The number of carbonyl (C=O) groups is 3. The minimum Gasteiger partial charge on any atom is -0.394 e. The lowest BCUT2D eigenvalue weighted by Gasteiger charge is -2.40. The zero-order chi connectivity index (χ0) is 30.3. The van der Waals surface area contributed by atoms with Crippen molar-refractivity contribution >= 4 is 18.5 Å². The molecule has 1 heterocycles. The number of hydrogen-bond donors (Lipinski definition) is 14. The Morgan fingerprint density at radius 3 is 1.61 bits per heavy atom. The molecule has 38 heavy (non-hydrogen) atoms. The number of nitrogens with one attached hydrogen (secondary N) is 1. The van der Waals surface area contributed by atoms with Crippen molar-refractivity contribution in [2.24, 2.45) is 0 Å². The van der Waals surface area contributed by atoms with Gasteiger partial charge in [0, 0.05) is 6.92 Å². The molecule has 226 valence electrons. The quantitative estimate of drug-likeness (QED) is 0.103. The number of aliphatic hydroxyl groups is 13. The molecule has 0 bridgehead atoms. The van der Waals surface area contributed by atoms with Gasteiger partial charge in [-0.1, -0.05) is 0 Å². The van der Waals surface area contributed by atoms with Crippen molar-refractivity contribution in [2.75, 3.05) is 13.2 Å². The van der Waals surface area contributed by atoms with E-state index in [-0.39, 0.29) is 12.6 Å². The summed E-state index contributed by atoms with van der Waals surface area (Å²) in [6.07, 6.45) is -18.0. The van der Waals surface area contributed by atoms with Crippen molar-refractivity contribution in [1.82, 2.24) is 5.32 Å². The molecule has 1 amide bonds. The zero-order valence-corrected chi connectivity index (χ0v) is 20.5. The molecule has 0 aromatic rings. The molecule has 0 radical (unpaired) electrons. The van der Waals surface area contributed by atoms with Gasteiger partial charge in [-0.05, 0) is 6.92 Å². The van der Waals surface area contributed by atoms with Crippen LogP contribution in [0.5, 0.6) is 0 Å². The molecule has 1 saturated heterocycles. The van der Waals surface area contributed by atoms with Crippen LogP contribution in [0, 0.1) is 0 Å². The van der Waals surface area contributed by atoms with E-state index >= 15 is 0 Å². The summed E-state index contributed by atoms with van der Waals surface area (Å²) in [5.74, 6) is -0.462. The fourth-order valence-electron chi connectivity index (χ4n) is 2.67. The Kier molecular flexibility index (Phi) is 19.5. The molecule has 1 aliphatic rings. The van der Waals surface area contributed by atoms with Crippen LogP contribution in [-0.4, -0.2) is 178 Å². The Balaban J connectivity index is 0. The number of aldehydes is 2. The predicted molar refractivity (Wildman–Crippen MR) is 121 cm³/mol. The number of ether oxygens (including phenoxy) is 1. The second-order valence-corrected chi connectivity index (χ2v) is 8.16. The number of carbonyl (C=O) groups excluding carboxylic acids is 3. The van der Waals surface area contributed by atoms with E-state index in [1.165, 1.54) is 13.8 Å². The van der Waals surface area contributed by atoms with E-state index in [1.807, 2.05) is 0 Å². The van der Waals surface area contributed by atoms with Crippen LogP contribution in [0.15, 0.2) is 0 Å². The fourth-order valence-corrected chi connectivity index (χ4v) is 2.67. The van der Waals surface area contributed by atoms with Crippen LogP contribution >= 0.6 is 0 Å². The summed E-state index contributed by atoms with van der Waals surface area (Å²) in [5.41, 5.74) is 0. The Morgan fingerprint density at radius 2 is 1.26 bits per heavy atom. The summed E-state index contributed by atoms with van der Waals surface area (Å²) in [6, 6.07) is -1.10. The average Bonchev–Trinajstić information content (AvgIpc) is 2.90. The third-order valence-electron chi connectivity index (χ3n) is 5.02. The SMILES string of the molecule is CC(=O)N[C@H]1C(O)O[C@H](CO)[C@@H](O)[C@@H]1O.CC(O)C(O)C(O)C(O)C=O.O=CC(O)C(O)C(O)C(O)CO. The molecule has 0 saturated carbocycles. The first-order valence-electron chi connectivity index (χ1n) is 11.1. The minimum absolute atomic E-state index is 0.0258. The Morgan fingerprint density at radius 1 is 0.816 bits per heavy atom. The van der Waals surface area contributed by atoms with E-state index in [1.54, 1.807) is 0 Å². The van der Waals surface area contributed by atoms with Crippen LogP contribution in [0.1, 0.15) is 13.8 Å². The second kappa shape index (κ2) is 19.3. The minimum atomic E-state index is -1.79. The largest absolute Gasteiger partial charge is 0.394 e. The summed E-state index contributed by atoms with van der Waals surface area (Å²) < 4.78 is 4.81. The summed E-state index contributed by atoms with van der Waals surface area (Å²) in [7, 11) is 0. The highest BCUT2D eigenvalue weighted by Crippen LogP contribution is 2.19. The van der Waals surface area contributed by atoms with Gasteiger partial charge < -0.3 is 86.0 Å². The van der Waals surface area contributed by atoms with Crippen LogP contribution < -0.4 is 5.32 Å². The van der Waals surface area contributed by atoms with Crippen molar-refractivity contribution in [1.29, 1.82) is 0 Å². The van der Waals surface area contributed by atoms with Crippen LogP contribution in [-0.2, 0) is 19.1 Å². The van der Waals surface area contributed by atoms with Crippen LogP contribution in [0.3, 0.4) is 0 Å². The van der Waals surface area contributed by atoms with Gasteiger partial charge in [0.1, 0.15) is 67.1 Å². The molecule has 9 unspecified atom stereocenters. The summed E-state index contributed by atoms with van der Waals surface area (Å²) in [4.78, 5) is 30.5. The molecular weight excluding hydrogens is 526 g/mol. The van der Waals surface area contributed by atoms with E-state index in [4.69, 9.17) is 55.8 Å². The number of rotatable bonds is 11. The summed E-state index contributed by atoms with van der Waals surface area (Å²) in [6.45, 7) is 1.17. The smallest absolute Gasteiger partial charge is 0.217 e. The second-order valence-electron chi connectivity index (χ2n) is 8.16. The third kappa shape index (κ3) is 12.9. The van der Waals surface area contributed by atoms with Gasteiger partial charge in [0.05, 0.1) is 19.3 Å². The molecule has 0 spiro atoms. The van der Waals surface area contributed by atoms with E-state index in [2.05, 4.69) is 5.32 Å². The molecule has 1 fully saturated rings. The first-order valence-corrected chi connectivity index (χ1v) is 11.1. The van der Waals surface area contributed by atoms with Crippen molar-refractivity contribution < 1.29 is 85.5 Å². The molecule has 1 aliphatic heterocycles. The van der Waals surface area contributed by atoms with Gasteiger partial charge in [0.15, 0.2) is 18.9 Å². The fraction of sp³-hybridized carbons (Fsp3) is 0.850. The zero-order valence-electron chi connectivity index (χ0n) is 20.5. The molecule has 14 N–H and O–H groups in total. The maximum absolute atomic E-state index is 10.7. The Bertz CT molecular complexity index is 669. The Labute approximate surface area is 216 Å². The molecule has 0 aromatic carbocycles. The van der Waals surface area contributed by atoms with E-state index in [0.717, 1.165) is 0 Å². The van der Waals surface area contributed by atoms with E-state index in [0.29, 0.717) is 0 Å². The predicted octanol–water partition coefficient (Wildman–Crippen LogP) is -8.81. The van der Waals surface area contributed by atoms with Gasteiger partial charge in [0.25, 0.3) is 0 Å². The molecule has 18 heteroatoms. The highest BCUT2D eigenvalue weighted by molar-refractivity contribution is 5.73. The number of aliphatic hydroxyl groups excluding tert-OH is 13. The topological polar surface area (TPSA) is 335 Å². The standard InChI is InChI=1S/C8H15NO6.C6H12O6.C6H12O5/c1-3(11)9-5-7(13)6(12)4(2-10)15-8(5)14;7-1-3(9)5(11)6(12)4(10)2-8;1-3(8)5(10)6(11)4(9)2-7/h4-8,10,12-14H,2H2,1H3,(H,9,11);1,3-6,8-12H,2H2;2-6,8-11H,1H3/t4-,5-,6-,7-,8?;;/m1../s1. The summed E-state index contributed by atoms with van der Waals surface area (Å²) >= 11 is 0. The van der Waals surface area contributed by atoms with Crippen molar-refractivity contribution in [3.8, 4) is 0 Å². The van der Waals surface area contributed by atoms with Crippen LogP contribution in [0.2, 0.25) is 0 Å². The average molecular weight is 566 g/mol. The molecule has 13 atom stereocenters. The van der Waals surface area contributed by atoms with Crippen molar-refractivity contribution in [2.45, 2.75) is 93.3 Å². The van der Waals surface area contributed by atoms with Gasteiger partial charge in [-0.25, -0.2) is 0 Å². The normalized spacial score (nSPS) is 29.3. The molecule has 18 nitrogen and oxygen atoms in total. The highest BCUT2D eigenvalue weighted by atomic mass is 16.6. The van der Waals surface area contributed by atoms with E-state index in [9.17, 15) is 29.7 Å². The first kappa shape index (κ1) is 38.4. The van der Waals surface area contributed by atoms with Gasteiger partial charge in [-0.3, -0.25) is 4.79 Å². The molecule has 0 aromatic heterocycles. The third-order valence-corrected chi connectivity index (χ3v) is 5.02. The van der Waals surface area contributed by atoms with Crippen molar-refractivity contribution in [3.05, 3.63) is 0 Å².